The second-order valence-electron chi connectivity index (χ2n) is 7.35. The molecule has 0 bridgehead atoms. The fraction of sp³-hybridized carbons (Fsp3) is 0.429. The van der Waals surface area contributed by atoms with Gasteiger partial charge in [-0.05, 0) is 38.3 Å². The number of nitrogens with zero attached hydrogens (tertiary/aromatic N) is 4. The third-order valence-electron chi connectivity index (χ3n) is 4.73. The number of rotatable bonds is 8. The van der Waals surface area contributed by atoms with Gasteiger partial charge in [0.2, 0.25) is 5.91 Å². The van der Waals surface area contributed by atoms with Crippen LogP contribution in [0.5, 0.6) is 5.75 Å². The number of ether oxygens (including phenoxy) is 1. The van der Waals surface area contributed by atoms with Gasteiger partial charge in [0, 0.05) is 11.9 Å². The summed E-state index contributed by atoms with van der Waals surface area (Å²) >= 11 is 2.84. The molecule has 0 saturated heterocycles. The molecule has 0 radical (unpaired) electrons. The fourth-order valence-electron chi connectivity index (χ4n) is 2.75. The molecule has 0 aliphatic carbocycles. The van der Waals surface area contributed by atoms with Crippen molar-refractivity contribution in [2.45, 2.75) is 57.5 Å². The third-order valence-corrected chi connectivity index (χ3v) is 6.86. The molecule has 2 aromatic heterocycles. The summed E-state index contributed by atoms with van der Waals surface area (Å²) in [5.74, 6) is 1.82. The van der Waals surface area contributed by atoms with Crippen LogP contribution < -0.4 is 10.1 Å². The Bertz CT molecular complexity index is 1010. The normalized spacial score (nSPS) is 12.2. The van der Waals surface area contributed by atoms with Gasteiger partial charge >= 0.3 is 0 Å². The number of aromatic nitrogens is 4. The highest BCUT2D eigenvalue weighted by Crippen LogP contribution is 2.28. The van der Waals surface area contributed by atoms with Crippen LogP contribution >= 0.6 is 23.1 Å². The van der Waals surface area contributed by atoms with E-state index < -0.39 is 0 Å². The van der Waals surface area contributed by atoms with Gasteiger partial charge in [0.05, 0.1) is 10.9 Å². The number of nitrogens with one attached hydrogen (secondary N) is 1. The van der Waals surface area contributed by atoms with Gasteiger partial charge in [-0.2, -0.15) is 0 Å². The largest absolute Gasteiger partial charge is 0.485 e. The van der Waals surface area contributed by atoms with Crippen molar-refractivity contribution < 1.29 is 9.53 Å². The second kappa shape index (κ2) is 9.61. The molecular weight excluding hydrogens is 418 g/mol. The molecule has 0 spiro atoms. The van der Waals surface area contributed by atoms with E-state index in [0.717, 1.165) is 21.9 Å². The SMILES string of the molecule is Cc1nc(NC(=O)[C@H](C)Sc2nnc(COc3ccccc3C(C)C)n2C)sc1C. The van der Waals surface area contributed by atoms with Crippen LogP contribution in [-0.4, -0.2) is 30.9 Å². The number of hydrogen-bond donors (Lipinski definition) is 1. The zero-order valence-electron chi connectivity index (χ0n) is 18.1. The Hall–Kier alpha value is -2.39. The smallest absolute Gasteiger partial charge is 0.239 e. The van der Waals surface area contributed by atoms with Crippen molar-refractivity contribution in [1.29, 1.82) is 0 Å². The summed E-state index contributed by atoms with van der Waals surface area (Å²) < 4.78 is 7.87. The number of amides is 1. The van der Waals surface area contributed by atoms with Gasteiger partial charge in [-0.15, -0.1) is 21.5 Å². The molecule has 7 nitrogen and oxygen atoms in total. The Morgan fingerprint density at radius 3 is 2.63 bits per heavy atom. The van der Waals surface area contributed by atoms with Crippen molar-refractivity contribution in [3.8, 4) is 5.75 Å². The molecule has 160 valence electrons. The molecule has 0 aliphatic rings. The number of para-hydroxylation sites is 1. The maximum atomic E-state index is 12.5. The van der Waals surface area contributed by atoms with Crippen LogP contribution in [0.1, 0.15) is 48.6 Å². The van der Waals surface area contributed by atoms with Crippen LogP contribution in [0.2, 0.25) is 0 Å². The minimum absolute atomic E-state index is 0.111. The predicted molar refractivity (Wildman–Crippen MR) is 121 cm³/mol. The molecule has 1 amide bonds. The zero-order valence-corrected chi connectivity index (χ0v) is 19.7. The summed E-state index contributed by atoms with van der Waals surface area (Å²) in [7, 11) is 1.88. The van der Waals surface area contributed by atoms with Crippen molar-refractivity contribution in [3.05, 3.63) is 46.2 Å². The molecule has 3 aromatic rings. The van der Waals surface area contributed by atoms with Gasteiger partial charge in [-0.25, -0.2) is 4.98 Å². The zero-order chi connectivity index (χ0) is 21.8. The van der Waals surface area contributed by atoms with Crippen LogP contribution in [-0.2, 0) is 18.4 Å². The summed E-state index contributed by atoms with van der Waals surface area (Å²) in [6.45, 7) is 10.4. The summed E-state index contributed by atoms with van der Waals surface area (Å²) in [4.78, 5) is 18.0. The molecule has 0 aliphatic heterocycles. The second-order valence-corrected chi connectivity index (χ2v) is 9.86. The van der Waals surface area contributed by atoms with Crippen LogP contribution in [0.3, 0.4) is 0 Å². The number of aryl methyl sites for hydroxylation is 2. The average molecular weight is 446 g/mol. The Labute approximate surface area is 185 Å². The predicted octanol–water partition coefficient (Wildman–Crippen LogP) is 4.71. The first-order chi connectivity index (χ1) is 14.3. The number of benzene rings is 1. The minimum atomic E-state index is -0.340. The van der Waals surface area contributed by atoms with Crippen LogP contribution in [0.15, 0.2) is 29.4 Å². The van der Waals surface area contributed by atoms with E-state index >= 15 is 0 Å². The quantitative estimate of drug-likeness (QED) is 0.506. The van der Waals surface area contributed by atoms with Crippen molar-refractivity contribution in [2.24, 2.45) is 7.05 Å². The molecular formula is C21H27N5O2S2. The van der Waals surface area contributed by atoms with E-state index in [1.165, 1.54) is 23.1 Å². The van der Waals surface area contributed by atoms with Gasteiger partial charge in [-0.1, -0.05) is 43.8 Å². The van der Waals surface area contributed by atoms with E-state index in [1.807, 2.05) is 50.6 Å². The van der Waals surface area contributed by atoms with Crippen molar-refractivity contribution >= 4 is 34.1 Å². The number of thiazole rings is 1. The molecule has 3 rings (SSSR count). The summed E-state index contributed by atoms with van der Waals surface area (Å²) in [5, 5.41) is 12.3. The van der Waals surface area contributed by atoms with Gasteiger partial charge in [-0.3, -0.25) is 4.79 Å². The van der Waals surface area contributed by atoms with E-state index in [-0.39, 0.29) is 11.2 Å². The standard InChI is InChI=1S/C21H27N5O2S2/c1-12(2)16-9-7-8-10-17(16)28-11-18-24-25-21(26(18)6)30-15(5)19(27)23-20-22-13(3)14(4)29-20/h7-10,12,15H,11H2,1-6H3,(H,22,23,27)/t15-/m0/s1. The molecule has 0 unspecified atom stereocenters. The van der Waals surface area contributed by atoms with Crippen LogP contribution in [0, 0.1) is 13.8 Å². The highest BCUT2D eigenvalue weighted by molar-refractivity contribution is 8.00. The molecule has 0 fully saturated rings. The van der Waals surface area contributed by atoms with E-state index in [2.05, 4.69) is 40.4 Å². The maximum Gasteiger partial charge on any atom is 0.239 e. The highest BCUT2D eigenvalue weighted by Gasteiger charge is 2.20. The summed E-state index contributed by atoms with van der Waals surface area (Å²) in [5.41, 5.74) is 2.10. The lowest BCUT2D eigenvalue weighted by molar-refractivity contribution is -0.115. The molecule has 2 heterocycles. The first-order valence-electron chi connectivity index (χ1n) is 9.77. The minimum Gasteiger partial charge on any atom is -0.485 e. The molecule has 9 heteroatoms. The fourth-order valence-corrected chi connectivity index (χ4v) is 4.40. The van der Waals surface area contributed by atoms with E-state index in [9.17, 15) is 4.79 Å². The maximum absolute atomic E-state index is 12.5. The lowest BCUT2D eigenvalue weighted by Crippen LogP contribution is -2.22. The van der Waals surface area contributed by atoms with Gasteiger partial charge in [0.25, 0.3) is 0 Å². The van der Waals surface area contributed by atoms with Crippen molar-refractivity contribution in [1.82, 2.24) is 19.7 Å². The number of carbonyl (C=O) groups excluding carboxylic acids is 1. The topological polar surface area (TPSA) is 81.9 Å². The van der Waals surface area contributed by atoms with Gasteiger partial charge in [0.1, 0.15) is 12.4 Å². The number of anilines is 1. The molecule has 1 N–H and O–H groups in total. The third kappa shape index (κ3) is 5.20. The number of hydrogen-bond acceptors (Lipinski definition) is 7. The van der Waals surface area contributed by atoms with Crippen molar-refractivity contribution in [3.63, 3.8) is 0 Å². The molecule has 1 atom stereocenters. The van der Waals surface area contributed by atoms with Crippen LogP contribution in [0.25, 0.3) is 0 Å². The van der Waals surface area contributed by atoms with E-state index in [0.29, 0.717) is 28.6 Å². The Morgan fingerprint density at radius 2 is 1.97 bits per heavy atom. The summed E-state index contributed by atoms with van der Waals surface area (Å²) in [6.07, 6.45) is 0. The monoisotopic (exact) mass is 445 g/mol. The molecule has 30 heavy (non-hydrogen) atoms. The summed E-state index contributed by atoms with van der Waals surface area (Å²) in [6, 6.07) is 8.02. The Morgan fingerprint density at radius 1 is 1.23 bits per heavy atom. The average Bonchev–Trinajstić information content (AvgIpc) is 3.21. The van der Waals surface area contributed by atoms with Gasteiger partial charge < -0.3 is 14.6 Å². The first kappa shape index (κ1) is 22.3. The highest BCUT2D eigenvalue weighted by atomic mass is 32.2. The number of carbonyl (C=O) groups is 1. The first-order valence-corrected chi connectivity index (χ1v) is 11.5. The van der Waals surface area contributed by atoms with Crippen molar-refractivity contribution in [2.75, 3.05) is 5.32 Å². The Kier molecular flexibility index (Phi) is 7.14. The molecule has 1 aromatic carbocycles. The molecule has 0 saturated carbocycles. The van der Waals surface area contributed by atoms with Crippen LogP contribution in [0.4, 0.5) is 5.13 Å². The number of thioether (sulfide) groups is 1. The van der Waals surface area contributed by atoms with E-state index in [4.69, 9.17) is 4.74 Å². The van der Waals surface area contributed by atoms with Gasteiger partial charge in [0.15, 0.2) is 16.1 Å². The Balaban J connectivity index is 1.61. The lowest BCUT2D eigenvalue weighted by atomic mass is 10.0. The lowest BCUT2D eigenvalue weighted by Gasteiger charge is -2.14. The van der Waals surface area contributed by atoms with E-state index in [1.54, 1.807) is 0 Å².